The SMILES string of the molecule is C=N[C@]12CSc3ncc(n31)C(=O)N1CCN(Cc3cc(ccc3C)Oc3cc2ccc3C#N)C(=O)C1. The smallest absolute Gasteiger partial charge is 0.272 e. The number of benzene rings is 2. The van der Waals surface area contributed by atoms with E-state index in [-0.39, 0.29) is 18.4 Å². The summed E-state index contributed by atoms with van der Waals surface area (Å²) in [6.07, 6.45) is 1.54. The summed E-state index contributed by atoms with van der Waals surface area (Å²) in [4.78, 5) is 39.0. The molecule has 0 radical (unpaired) electrons. The van der Waals surface area contributed by atoms with Crippen LogP contribution >= 0.6 is 11.8 Å². The second-order valence-electron chi connectivity index (χ2n) is 9.08. The summed E-state index contributed by atoms with van der Waals surface area (Å²) < 4.78 is 8.03. The van der Waals surface area contributed by atoms with Crippen LogP contribution in [-0.2, 0) is 17.0 Å². The molecule has 1 fully saturated rings. The predicted molar refractivity (Wildman–Crippen MR) is 133 cm³/mol. The van der Waals surface area contributed by atoms with E-state index in [4.69, 9.17) is 4.74 Å². The third-order valence-electron chi connectivity index (χ3n) is 7.06. The number of carbonyl (C=O) groups excluding carboxylic acids is 2. The van der Waals surface area contributed by atoms with Gasteiger partial charge in [0.2, 0.25) is 5.91 Å². The number of rotatable bonds is 1. The van der Waals surface area contributed by atoms with Crippen LogP contribution in [0, 0.1) is 18.3 Å². The highest BCUT2D eigenvalue weighted by Crippen LogP contribution is 2.45. The zero-order chi connectivity index (χ0) is 25.0. The maximum Gasteiger partial charge on any atom is 0.272 e. The molecule has 0 unspecified atom stereocenters. The van der Waals surface area contributed by atoms with Gasteiger partial charge in [0.1, 0.15) is 29.8 Å². The number of amides is 2. The van der Waals surface area contributed by atoms with E-state index in [1.807, 2.05) is 31.2 Å². The molecule has 180 valence electrons. The van der Waals surface area contributed by atoms with Crippen molar-refractivity contribution in [2.45, 2.75) is 24.3 Å². The first kappa shape index (κ1) is 22.4. The molecule has 36 heavy (non-hydrogen) atoms. The maximum absolute atomic E-state index is 13.7. The van der Waals surface area contributed by atoms with Gasteiger partial charge < -0.3 is 14.5 Å². The monoisotopic (exact) mass is 498 g/mol. The fourth-order valence-electron chi connectivity index (χ4n) is 4.97. The van der Waals surface area contributed by atoms with Crippen molar-refractivity contribution in [1.82, 2.24) is 19.4 Å². The Kier molecular flexibility index (Phi) is 5.12. The van der Waals surface area contributed by atoms with Crippen LogP contribution in [0.25, 0.3) is 0 Å². The fraction of sp³-hybridized carbons (Fsp3) is 0.269. The number of ether oxygens (including phenoxy) is 1. The molecule has 10 heteroatoms. The van der Waals surface area contributed by atoms with Gasteiger partial charge in [0.05, 0.1) is 11.8 Å². The second kappa shape index (κ2) is 8.24. The Morgan fingerprint density at radius 2 is 2.00 bits per heavy atom. The van der Waals surface area contributed by atoms with Gasteiger partial charge in [0.25, 0.3) is 5.91 Å². The minimum absolute atomic E-state index is 0.00272. The summed E-state index contributed by atoms with van der Waals surface area (Å²) in [6.45, 7) is 7.11. The zero-order valence-electron chi connectivity index (χ0n) is 19.6. The molecule has 0 saturated carbocycles. The number of fused-ring (bicyclic) bond motifs is 2. The molecule has 3 aromatic rings. The first-order valence-corrected chi connectivity index (χ1v) is 12.5. The minimum atomic E-state index is -1.02. The highest BCUT2D eigenvalue weighted by Gasteiger charge is 2.45. The first-order valence-electron chi connectivity index (χ1n) is 11.5. The maximum atomic E-state index is 13.7. The lowest BCUT2D eigenvalue weighted by Gasteiger charge is -2.35. The summed E-state index contributed by atoms with van der Waals surface area (Å²) in [5.41, 5.74) is 2.40. The van der Waals surface area contributed by atoms with Gasteiger partial charge >= 0.3 is 0 Å². The van der Waals surface area contributed by atoms with Crippen molar-refractivity contribution in [3.05, 3.63) is 70.5 Å². The van der Waals surface area contributed by atoms with E-state index in [2.05, 4.69) is 22.8 Å². The molecule has 1 aromatic heterocycles. The molecule has 0 N–H and O–H groups in total. The highest BCUT2D eigenvalue weighted by molar-refractivity contribution is 7.99. The molecule has 0 spiro atoms. The lowest BCUT2D eigenvalue weighted by molar-refractivity contribution is -0.135. The Labute approximate surface area is 212 Å². The number of nitriles is 1. The van der Waals surface area contributed by atoms with E-state index in [0.717, 1.165) is 16.7 Å². The summed E-state index contributed by atoms with van der Waals surface area (Å²) in [5.74, 6) is 1.05. The fourth-order valence-corrected chi connectivity index (χ4v) is 6.19. The van der Waals surface area contributed by atoms with E-state index in [0.29, 0.717) is 53.3 Å². The predicted octanol–water partition coefficient (Wildman–Crippen LogP) is 3.16. The molecular formula is C26H22N6O3S. The van der Waals surface area contributed by atoms with Crippen molar-refractivity contribution < 1.29 is 14.3 Å². The van der Waals surface area contributed by atoms with Crippen molar-refractivity contribution in [1.29, 1.82) is 5.26 Å². The molecule has 7 rings (SSSR count). The number of carbonyl (C=O) groups is 2. The summed E-state index contributed by atoms with van der Waals surface area (Å²) in [7, 11) is 0. The second-order valence-corrected chi connectivity index (χ2v) is 10.0. The number of hydrogen-bond acceptors (Lipinski definition) is 7. The van der Waals surface area contributed by atoms with Crippen LogP contribution in [0.5, 0.6) is 11.5 Å². The molecule has 4 aliphatic heterocycles. The minimum Gasteiger partial charge on any atom is -0.456 e. The van der Waals surface area contributed by atoms with Gasteiger partial charge in [0, 0.05) is 31.0 Å². The summed E-state index contributed by atoms with van der Waals surface area (Å²) in [6, 6.07) is 13.2. The normalized spacial score (nSPS) is 20.7. The molecule has 6 bridgehead atoms. The highest BCUT2D eigenvalue weighted by atomic mass is 32.2. The number of aryl methyl sites for hydroxylation is 1. The van der Waals surface area contributed by atoms with E-state index in [1.165, 1.54) is 11.8 Å². The number of hydrogen-bond donors (Lipinski definition) is 0. The van der Waals surface area contributed by atoms with Crippen LogP contribution in [0.2, 0.25) is 0 Å². The van der Waals surface area contributed by atoms with Crippen LogP contribution in [0.15, 0.2) is 52.7 Å². The molecule has 9 nitrogen and oxygen atoms in total. The van der Waals surface area contributed by atoms with Gasteiger partial charge in [-0.05, 0) is 49.0 Å². The molecule has 0 aliphatic carbocycles. The Bertz CT molecular complexity index is 1490. The molecule has 1 saturated heterocycles. The van der Waals surface area contributed by atoms with E-state index < -0.39 is 5.66 Å². The Hall–Kier alpha value is -4.10. The average molecular weight is 499 g/mol. The number of imidazole rings is 1. The number of piperazine rings is 1. The standard InChI is InChI=1S/C26H22N6O3S/c1-16-3-6-20-9-18(16)13-30-7-8-31(14-23(30)33)24(34)21-12-29-25-32(21)26(28-2,15-36-25)19-5-4-17(11-27)22(10-19)35-20/h3-6,9-10,12H,2,7-8,13-15H2,1H3/t26-/m1/s1. The summed E-state index contributed by atoms with van der Waals surface area (Å²) >= 11 is 1.48. The lowest BCUT2D eigenvalue weighted by Crippen LogP contribution is -2.52. The number of thioether (sulfide) groups is 1. The number of aromatic nitrogens is 2. The molecule has 4 aliphatic rings. The third-order valence-corrected chi connectivity index (χ3v) is 8.16. The van der Waals surface area contributed by atoms with Crippen LogP contribution in [0.4, 0.5) is 0 Å². The van der Waals surface area contributed by atoms with Gasteiger partial charge in [-0.1, -0.05) is 23.9 Å². The molecule has 2 aromatic carbocycles. The van der Waals surface area contributed by atoms with E-state index in [9.17, 15) is 14.9 Å². The zero-order valence-corrected chi connectivity index (χ0v) is 20.4. The van der Waals surface area contributed by atoms with Gasteiger partial charge in [-0.25, -0.2) is 4.98 Å². The van der Waals surface area contributed by atoms with Gasteiger partial charge in [-0.15, -0.1) is 0 Å². The third kappa shape index (κ3) is 3.31. The van der Waals surface area contributed by atoms with Crippen molar-refractivity contribution in [2.75, 3.05) is 25.4 Å². The largest absolute Gasteiger partial charge is 0.456 e. The Balaban J connectivity index is 1.57. The van der Waals surface area contributed by atoms with Crippen molar-refractivity contribution >= 4 is 30.3 Å². The van der Waals surface area contributed by atoms with Crippen molar-refractivity contribution in [2.24, 2.45) is 4.99 Å². The summed E-state index contributed by atoms with van der Waals surface area (Å²) in [5, 5.41) is 10.4. The first-order chi connectivity index (χ1) is 17.4. The lowest BCUT2D eigenvalue weighted by atomic mass is 9.98. The van der Waals surface area contributed by atoms with Crippen LogP contribution in [0.3, 0.4) is 0 Å². The molecular weight excluding hydrogens is 476 g/mol. The van der Waals surface area contributed by atoms with Crippen molar-refractivity contribution in [3.8, 4) is 17.6 Å². The molecule has 5 heterocycles. The van der Waals surface area contributed by atoms with E-state index >= 15 is 0 Å². The van der Waals surface area contributed by atoms with Crippen LogP contribution < -0.4 is 4.74 Å². The van der Waals surface area contributed by atoms with Gasteiger partial charge in [0.15, 0.2) is 10.8 Å². The van der Waals surface area contributed by atoms with Gasteiger partial charge in [-0.3, -0.25) is 19.1 Å². The van der Waals surface area contributed by atoms with E-state index in [1.54, 1.807) is 32.7 Å². The van der Waals surface area contributed by atoms with Gasteiger partial charge in [-0.2, -0.15) is 5.26 Å². The Morgan fingerprint density at radius 3 is 2.78 bits per heavy atom. The average Bonchev–Trinajstić information content (AvgIpc) is 3.47. The molecule has 2 amide bonds. The number of nitrogens with zero attached hydrogens (tertiary/aromatic N) is 6. The molecule has 1 atom stereocenters. The number of aliphatic imine (C=N–C) groups is 1. The Morgan fingerprint density at radius 1 is 1.17 bits per heavy atom. The van der Waals surface area contributed by atoms with Crippen LogP contribution in [-0.4, -0.2) is 63.3 Å². The quantitative estimate of drug-likeness (QED) is 0.478. The topological polar surface area (TPSA) is 104 Å². The van der Waals surface area contributed by atoms with Crippen molar-refractivity contribution in [3.63, 3.8) is 0 Å². The van der Waals surface area contributed by atoms with Crippen LogP contribution in [0.1, 0.15) is 32.7 Å².